The van der Waals surface area contributed by atoms with Crippen molar-refractivity contribution in [3.05, 3.63) is 107 Å². The number of anilines is 1. The molecule has 0 saturated heterocycles. The first-order chi connectivity index (χ1) is 19.2. The molecule has 0 fully saturated rings. The van der Waals surface area contributed by atoms with Crippen LogP contribution in [0.5, 0.6) is 0 Å². The van der Waals surface area contributed by atoms with E-state index in [9.17, 15) is 18.0 Å². The maximum Gasteiger partial charge on any atom is 0.338 e. The average molecular weight is 580 g/mol. The summed E-state index contributed by atoms with van der Waals surface area (Å²) in [5.41, 5.74) is 4.41. The first kappa shape index (κ1) is 28.6. The summed E-state index contributed by atoms with van der Waals surface area (Å²) < 4.78 is 38.7. The molecule has 0 aliphatic rings. The van der Waals surface area contributed by atoms with Crippen molar-refractivity contribution in [2.24, 2.45) is 5.10 Å². The van der Waals surface area contributed by atoms with Gasteiger partial charge in [0.05, 0.1) is 29.0 Å². The number of halogens is 1. The van der Waals surface area contributed by atoms with Gasteiger partial charge >= 0.3 is 5.97 Å². The van der Waals surface area contributed by atoms with Crippen LogP contribution < -0.4 is 9.73 Å². The molecule has 1 aromatic heterocycles. The molecule has 4 aromatic rings. The van der Waals surface area contributed by atoms with Crippen molar-refractivity contribution in [3.8, 4) is 11.3 Å². The second-order valence-corrected chi connectivity index (χ2v) is 10.8. The van der Waals surface area contributed by atoms with Crippen LogP contribution in [0.3, 0.4) is 0 Å². The van der Waals surface area contributed by atoms with E-state index in [-0.39, 0.29) is 10.6 Å². The highest BCUT2D eigenvalue weighted by atomic mass is 35.5. The number of ether oxygens (including phenoxy) is 1. The Hall–Kier alpha value is -4.41. The van der Waals surface area contributed by atoms with E-state index in [1.165, 1.54) is 24.4 Å². The summed E-state index contributed by atoms with van der Waals surface area (Å²) in [6.45, 7) is 3.22. The number of amides is 1. The van der Waals surface area contributed by atoms with Gasteiger partial charge in [-0.1, -0.05) is 48.0 Å². The molecule has 0 radical (unpaired) electrons. The Morgan fingerprint density at radius 2 is 1.75 bits per heavy atom. The van der Waals surface area contributed by atoms with E-state index in [0.29, 0.717) is 34.3 Å². The van der Waals surface area contributed by atoms with E-state index in [0.717, 1.165) is 9.87 Å². The van der Waals surface area contributed by atoms with Gasteiger partial charge in [0.15, 0.2) is 0 Å². The molecule has 1 N–H and O–H groups in total. The maximum atomic E-state index is 13.5. The smallest absolute Gasteiger partial charge is 0.338 e. The van der Waals surface area contributed by atoms with Gasteiger partial charge in [-0.2, -0.15) is 5.10 Å². The lowest BCUT2D eigenvalue weighted by Crippen LogP contribution is -2.40. The summed E-state index contributed by atoms with van der Waals surface area (Å²) in [6, 6.07) is 22.8. The minimum Gasteiger partial charge on any atom is -0.462 e. The second-order valence-electron chi connectivity index (χ2n) is 8.55. The third-order valence-electron chi connectivity index (χ3n) is 5.75. The molecule has 206 valence electrons. The Morgan fingerprint density at radius 3 is 2.45 bits per heavy atom. The number of hydrazone groups is 1. The van der Waals surface area contributed by atoms with Gasteiger partial charge in [-0.05, 0) is 67.9 Å². The molecule has 1 amide bonds. The number of aryl methyl sites for hydroxylation is 1. The van der Waals surface area contributed by atoms with Crippen LogP contribution in [0.15, 0.2) is 99.3 Å². The van der Waals surface area contributed by atoms with Crippen molar-refractivity contribution in [3.63, 3.8) is 0 Å². The second kappa shape index (κ2) is 12.6. The lowest BCUT2D eigenvalue weighted by Gasteiger charge is -2.25. The molecular weight excluding hydrogens is 554 g/mol. The number of rotatable bonds is 10. The maximum absolute atomic E-state index is 13.5. The molecule has 0 spiro atoms. The first-order valence-corrected chi connectivity index (χ1v) is 14.0. The summed E-state index contributed by atoms with van der Waals surface area (Å²) in [4.78, 5) is 24.7. The zero-order valence-electron chi connectivity index (χ0n) is 21.7. The summed E-state index contributed by atoms with van der Waals surface area (Å²) in [5, 5.41) is 4.25. The SMILES string of the molecule is CCOC(=O)c1ccc(-c2ccc(/C=N\NC(=O)CN(c3cc(Cl)ccc3C)S(=O)(=O)c3ccccc3)o2)cc1. The van der Waals surface area contributed by atoms with Crippen LogP contribution in [0.2, 0.25) is 5.02 Å². The number of hydrogen-bond donors (Lipinski definition) is 1. The number of carbonyl (C=O) groups is 2. The van der Waals surface area contributed by atoms with Crippen molar-refractivity contribution >= 4 is 45.4 Å². The molecular formula is C29H26ClN3O6S. The lowest BCUT2D eigenvalue weighted by atomic mass is 10.1. The highest BCUT2D eigenvalue weighted by molar-refractivity contribution is 7.92. The van der Waals surface area contributed by atoms with Gasteiger partial charge in [-0.15, -0.1) is 0 Å². The van der Waals surface area contributed by atoms with E-state index in [2.05, 4.69) is 10.5 Å². The van der Waals surface area contributed by atoms with E-state index in [4.69, 9.17) is 20.8 Å². The van der Waals surface area contributed by atoms with E-state index < -0.39 is 28.4 Å². The van der Waals surface area contributed by atoms with Gasteiger partial charge in [0.25, 0.3) is 15.9 Å². The highest BCUT2D eigenvalue weighted by Gasteiger charge is 2.28. The molecule has 0 atom stereocenters. The van der Waals surface area contributed by atoms with Crippen LogP contribution in [0, 0.1) is 6.92 Å². The normalized spacial score (nSPS) is 11.4. The van der Waals surface area contributed by atoms with Crippen LogP contribution in [0.4, 0.5) is 5.69 Å². The van der Waals surface area contributed by atoms with Crippen molar-refractivity contribution in [1.82, 2.24) is 5.43 Å². The summed E-state index contributed by atoms with van der Waals surface area (Å²) >= 11 is 6.15. The largest absolute Gasteiger partial charge is 0.462 e. The van der Waals surface area contributed by atoms with Crippen LogP contribution in [0.25, 0.3) is 11.3 Å². The first-order valence-electron chi connectivity index (χ1n) is 12.2. The Kier molecular flexibility index (Phi) is 9.03. The highest BCUT2D eigenvalue weighted by Crippen LogP contribution is 2.29. The van der Waals surface area contributed by atoms with Gasteiger partial charge in [0.2, 0.25) is 0 Å². The molecule has 4 rings (SSSR count). The van der Waals surface area contributed by atoms with Crippen LogP contribution in [-0.2, 0) is 19.6 Å². The third kappa shape index (κ3) is 6.77. The molecule has 40 heavy (non-hydrogen) atoms. The predicted octanol–water partition coefficient (Wildman–Crippen LogP) is 5.43. The van der Waals surface area contributed by atoms with Crippen molar-refractivity contribution in [1.29, 1.82) is 0 Å². The fourth-order valence-corrected chi connectivity index (χ4v) is 5.43. The van der Waals surface area contributed by atoms with Crippen molar-refractivity contribution in [2.45, 2.75) is 18.7 Å². The molecule has 9 nitrogen and oxygen atoms in total. The van der Waals surface area contributed by atoms with Crippen molar-refractivity contribution in [2.75, 3.05) is 17.5 Å². The molecule has 3 aromatic carbocycles. The van der Waals surface area contributed by atoms with Gasteiger partial charge in [-0.25, -0.2) is 18.6 Å². The molecule has 0 saturated carbocycles. The van der Waals surface area contributed by atoms with E-state index >= 15 is 0 Å². The monoisotopic (exact) mass is 579 g/mol. The average Bonchev–Trinajstić information content (AvgIpc) is 3.43. The van der Waals surface area contributed by atoms with Gasteiger partial charge < -0.3 is 9.15 Å². The Morgan fingerprint density at radius 1 is 1.02 bits per heavy atom. The fraction of sp³-hybridized carbons (Fsp3) is 0.138. The zero-order chi connectivity index (χ0) is 28.7. The lowest BCUT2D eigenvalue weighted by molar-refractivity contribution is -0.119. The number of hydrogen-bond acceptors (Lipinski definition) is 7. The van der Waals surface area contributed by atoms with Gasteiger partial charge in [-0.3, -0.25) is 9.10 Å². The van der Waals surface area contributed by atoms with Crippen LogP contribution >= 0.6 is 11.6 Å². The molecule has 0 unspecified atom stereocenters. The summed E-state index contributed by atoms with van der Waals surface area (Å²) in [6.07, 6.45) is 1.30. The number of furan rings is 1. The minimum absolute atomic E-state index is 0.0316. The quantitative estimate of drug-likeness (QED) is 0.152. The van der Waals surface area contributed by atoms with Crippen LogP contribution in [-0.4, -0.2) is 39.7 Å². The van der Waals surface area contributed by atoms with Gasteiger partial charge in [0.1, 0.15) is 18.1 Å². The number of sulfonamides is 1. The fourth-order valence-electron chi connectivity index (χ4n) is 3.77. The predicted molar refractivity (Wildman–Crippen MR) is 153 cm³/mol. The zero-order valence-corrected chi connectivity index (χ0v) is 23.3. The summed E-state index contributed by atoms with van der Waals surface area (Å²) in [7, 11) is -4.09. The molecule has 0 aliphatic heterocycles. The number of benzene rings is 3. The number of nitrogens with one attached hydrogen (secondary N) is 1. The Balaban J connectivity index is 1.47. The number of carbonyl (C=O) groups excluding carboxylic acids is 2. The Bertz CT molecular complexity index is 1630. The van der Waals surface area contributed by atoms with Crippen molar-refractivity contribution < 1.29 is 27.2 Å². The molecule has 0 bridgehead atoms. The third-order valence-corrected chi connectivity index (χ3v) is 7.76. The summed E-state index contributed by atoms with van der Waals surface area (Å²) in [5.74, 6) is -0.196. The minimum atomic E-state index is -4.09. The molecule has 1 heterocycles. The number of nitrogens with zero attached hydrogens (tertiary/aromatic N) is 2. The molecule has 11 heteroatoms. The van der Waals surface area contributed by atoms with E-state index in [1.54, 1.807) is 80.6 Å². The Labute approximate surface area is 237 Å². The van der Waals surface area contributed by atoms with Crippen LogP contribution in [0.1, 0.15) is 28.6 Å². The standard InChI is InChI=1S/C29H26ClN3O6S/c1-3-38-29(35)22-12-10-21(11-13-22)27-16-15-24(39-27)18-31-32-28(34)19-33(26-17-23(30)14-9-20(26)2)40(36,37)25-7-5-4-6-8-25/h4-18H,3,19H2,1-2H3,(H,32,34)/b31-18-. The topological polar surface area (TPSA) is 118 Å². The molecule has 0 aliphatic carbocycles. The van der Waals surface area contributed by atoms with Gasteiger partial charge in [0, 0.05) is 10.6 Å². The van der Waals surface area contributed by atoms with E-state index in [1.807, 2.05) is 0 Å². The number of esters is 1.